The van der Waals surface area contributed by atoms with E-state index in [1.807, 2.05) is 43.0 Å². The zero-order chi connectivity index (χ0) is 29.5. The number of likely N-dealkylation sites (tertiary alicyclic amines) is 1. The summed E-state index contributed by atoms with van der Waals surface area (Å²) in [6.07, 6.45) is 3.67. The van der Waals surface area contributed by atoms with E-state index in [0.29, 0.717) is 22.2 Å². The summed E-state index contributed by atoms with van der Waals surface area (Å²) in [5, 5.41) is 8.37. The van der Waals surface area contributed by atoms with E-state index < -0.39 is 0 Å². The Morgan fingerprint density at radius 1 is 1.10 bits per heavy atom. The van der Waals surface area contributed by atoms with Gasteiger partial charge in [0, 0.05) is 50.7 Å². The van der Waals surface area contributed by atoms with Gasteiger partial charge < -0.3 is 24.9 Å². The average Bonchev–Trinajstić information content (AvgIpc) is 2.94. The number of urea groups is 1. The van der Waals surface area contributed by atoms with E-state index in [0.717, 1.165) is 80.8 Å². The van der Waals surface area contributed by atoms with Gasteiger partial charge >= 0.3 is 6.03 Å². The quantitative estimate of drug-likeness (QED) is 0.278. The minimum atomic E-state index is -0.134. The molecule has 0 spiro atoms. The van der Waals surface area contributed by atoms with E-state index in [2.05, 4.69) is 21.4 Å². The van der Waals surface area contributed by atoms with Crippen LogP contribution in [0.3, 0.4) is 0 Å². The third-order valence-electron chi connectivity index (χ3n) is 8.02. The molecule has 0 saturated carbocycles. The van der Waals surface area contributed by atoms with E-state index in [-0.39, 0.29) is 23.9 Å². The molecule has 0 radical (unpaired) electrons. The Hall–Kier alpha value is -2.81. The van der Waals surface area contributed by atoms with E-state index in [1.54, 1.807) is 18.0 Å². The van der Waals surface area contributed by atoms with Crippen LogP contribution in [0.15, 0.2) is 41.6 Å². The van der Waals surface area contributed by atoms with Crippen molar-refractivity contribution in [3.63, 3.8) is 0 Å². The van der Waals surface area contributed by atoms with Crippen molar-refractivity contribution in [2.75, 3.05) is 53.4 Å². The van der Waals surface area contributed by atoms with Crippen LogP contribution in [-0.4, -0.2) is 91.8 Å². The number of nitrogens with zero attached hydrogens (tertiary/aromatic N) is 4. The molecule has 2 aliphatic heterocycles. The van der Waals surface area contributed by atoms with Gasteiger partial charge in [-0.05, 0) is 75.9 Å². The summed E-state index contributed by atoms with van der Waals surface area (Å²) >= 11 is 12.7. The highest BCUT2D eigenvalue weighted by Gasteiger charge is 2.30. The first kappa shape index (κ1) is 31.1. The summed E-state index contributed by atoms with van der Waals surface area (Å²) in [6.45, 7) is 8.56. The lowest BCUT2D eigenvalue weighted by atomic mass is 9.89. The second-order valence-electron chi connectivity index (χ2n) is 11.2. The Kier molecular flexibility index (Phi) is 10.9. The largest absolute Gasteiger partial charge is 0.399 e. The Morgan fingerprint density at radius 3 is 2.44 bits per heavy atom. The highest BCUT2D eigenvalue weighted by molar-refractivity contribution is 6.42. The second kappa shape index (κ2) is 14.4. The molecule has 1 atom stereocenters. The Labute approximate surface area is 253 Å². The zero-order valence-corrected chi connectivity index (χ0v) is 26.0. The summed E-state index contributed by atoms with van der Waals surface area (Å²) in [5.41, 5.74) is 4.46. The van der Waals surface area contributed by atoms with Gasteiger partial charge in [-0.1, -0.05) is 51.6 Å². The molecule has 8 nitrogen and oxygen atoms in total. The van der Waals surface area contributed by atoms with E-state index in [9.17, 15) is 9.59 Å². The molecule has 1 N–H and O–H groups in total. The number of benzene rings is 2. The highest BCUT2D eigenvalue weighted by atomic mass is 35.5. The van der Waals surface area contributed by atoms with Gasteiger partial charge in [0.1, 0.15) is 7.11 Å². The first-order valence-corrected chi connectivity index (χ1v) is 15.1. The van der Waals surface area contributed by atoms with Gasteiger partial charge in [0.2, 0.25) is 0 Å². The predicted octanol–water partition coefficient (Wildman–Crippen LogP) is 5.74. The number of aryl methyl sites for hydroxylation is 2. The van der Waals surface area contributed by atoms with E-state index in [1.165, 1.54) is 7.11 Å². The van der Waals surface area contributed by atoms with Crippen molar-refractivity contribution in [1.82, 2.24) is 20.0 Å². The van der Waals surface area contributed by atoms with Gasteiger partial charge in [0.25, 0.3) is 5.91 Å². The third kappa shape index (κ3) is 8.15. The fourth-order valence-corrected chi connectivity index (χ4v) is 6.28. The lowest BCUT2D eigenvalue weighted by Gasteiger charge is -2.40. The van der Waals surface area contributed by atoms with E-state index >= 15 is 0 Å². The summed E-state index contributed by atoms with van der Waals surface area (Å²) in [4.78, 5) is 37.1. The van der Waals surface area contributed by atoms with Crippen LogP contribution in [-0.2, 0) is 4.84 Å². The normalized spacial score (nSPS) is 17.8. The van der Waals surface area contributed by atoms with Gasteiger partial charge in [0.05, 0.1) is 22.3 Å². The van der Waals surface area contributed by atoms with Crippen molar-refractivity contribution in [1.29, 1.82) is 0 Å². The SMILES string of the molecule is CO/N=C(\CN(C)C(=O)c1cc(C)cc(C)c1)C(CCN1CCC(N2CCCNC2=O)CC1)c1ccc(Cl)c(Cl)c1. The molecule has 2 aliphatic rings. The maximum absolute atomic E-state index is 13.4. The molecule has 2 heterocycles. The zero-order valence-electron chi connectivity index (χ0n) is 24.5. The average molecular weight is 603 g/mol. The van der Waals surface area contributed by atoms with Crippen LogP contribution in [0, 0.1) is 13.8 Å². The lowest BCUT2D eigenvalue weighted by Crippen LogP contribution is -2.54. The first-order valence-electron chi connectivity index (χ1n) is 14.3. The Balaban J connectivity index is 1.48. The van der Waals surface area contributed by atoms with Crippen LogP contribution >= 0.6 is 23.2 Å². The topological polar surface area (TPSA) is 77.5 Å². The molecule has 2 aromatic rings. The molecule has 2 fully saturated rings. The number of hydrogen-bond acceptors (Lipinski definition) is 5. The molecular weight excluding hydrogens is 561 g/mol. The summed E-state index contributed by atoms with van der Waals surface area (Å²) < 4.78 is 0. The highest BCUT2D eigenvalue weighted by Crippen LogP contribution is 2.30. The number of rotatable bonds is 10. The van der Waals surface area contributed by atoms with Crippen LogP contribution in [0.2, 0.25) is 10.0 Å². The maximum atomic E-state index is 13.4. The number of hydrogen-bond donors (Lipinski definition) is 1. The van der Waals surface area contributed by atoms with Crippen molar-refractivity contribution < 1.29 is 14.4 Å². The summed E-state index contributed by atoms with van der Waals surface area (Å²) in [7, 11) is 3.32. The van der Waals surface area contributed by atoms with E-state index in [4.69, 9.17) is 28.0 Å². The van der Waals surface area contributed by atoms with Crippen molar-refractivity contribution in [2.45, 2.75) is 51.5 Å². The predicted molar refractivity (Wildman–Crippen MR) is 165 cm³/mol. The van der Waals surface area contributed by atoms with Crippen molar-refractivity contribution in [2.24, 2.45) is 5.16 Å². The smallest absolute Gasteiger partial charge is 0.317 e. The fourth-order valence-electron chi connectivity index (χ4n) is 5.97. The summed E-state index contributed by atoms with van der Waals surface area (Å²) in [5.74, 6) is -0.206. The molecule has 3 amide bonds. The van der Waals surface area contributed by atoms with Crippen LogP contribution in [0.1, 0.15) is 58.6 Å². The number of piperidine rings is 1. The van der Waals surface area contributed by atoms with Crippen LogP contribution in [0.25, 0.3) is 0 Å². The van der Waals surface area contributed by atoms with Gasteiger partial charge in [-0.2, -0.15) is 0 Å². The monoisotopic (exact) mass is 601 g/mol. The molecular formula is C31H41Cl2N5O3. The fraction of sp³-hybridized carbons (Fsp3) is 0.516. The molecule has 2 saturated heterocycles. The number of amides is 3. The molecule has 41 heavy (non-hydrogen) atoms. The molecule has 0 bridgehead atoms. The Bertz CT molecular complexity index is 1240. The minimum Gasteiger partial charge on any atom is -0.399 e. The number of oxime groups is 1. The molecule has 1 unspecified atom stereocenters. The van der Waals surface area contributed by atoms with Gasteiger partial charge in [0.15, 0.2) is 0 Å². The standard InChI is InChI=1S/C31H41Cl2N5O3/c1-21-16-22(2)18-24(17-21)30(39)36(3)20-29(35-41-4)26(23-6-7-27(32)28(33)19-23)10-15-37-13-8-25(9-14-37)38-12-5-11-34-31(38)40/h6-7,16-19,25-26H,5,8-15,20H2,1-4H3,(H,34,40)/b35-29+. The second-order valence-corrected chi connectivity index (χ2v) is 12.0. The third-order valence-corrected chi connectivity index (χ3v) is 8.76. The van der Waals surface area contributed by atoms with Crippen molar-refractivity contribution >= 4 is 40.9 Å². The van der Waals surface area contributed by atoms with Crippen LogP contribution < -0.4 is 5.32 Å². The minimum absolute atomic E-state index is 0.0642. The van der Waals surface area contributed by atoms with Gasteiger partial charge in [-0.15, -0.1) is 0 Å². The van der Waals surface area contributed by atoms with Crippen molar-refractivity contribution in [3.05, 3.63) is 68.7 Å². The molecule has 0 aliphatic carbocycles. The molecule has 2 aromatic carbocycles. The van der Waals surface area contributed by atoms with Gasteiger partial charge in [-0.25, -0.2) is 4.79 Å². The maximum Gasteiger partial charge on any atom is 0.317 e. The molecule has 10 heteroatoms. The number of carbonyl (C=O) groups excluding carboxylic acids is 2. The Morgan fingerprint density at radius 2 is 1.80 bits per heavy atom. The molecule has 222 valence electrons. The first-order chi connectivity index (χ1) is 19.7. The van der Waals surface area contributed by atoms with Crippen LogP contribution in [0.5, 0.6) is 0 Å². The van der Waals surface area contributed by atoms with Crippen LogP contribution in [0.4, 0.5) is 4.79 Å². The lowest BCUT2D eigenvalue weighted by molar-refractivity contribution is 0.0812. The summed E-state index contributed by atoms with van der Waals surface area (Å²) in [6, 6.07) is 11.9. The number of halogens is 2. The molecule has 4 rings (SSSR count). The van der Waals surface area contributed by atoms with Gasteiger partial charge in [-0.3, -0.25) is 4.79 Å². The molecule has 0 aromatic heterocycles. The van der Waals surface area contributed by atoms with Crippen molar-refractivity contribution in [3.8, 4) is 0 Å². The number of carbonyl (C=O) groups is 2. The number of nitrogens with one attached hydrogen (secondary N) is 1.